The Kier molecular flexibility index (Phi) is 4.48. The zero-order chi connectivity index (χ0) is 20.7. The number of nitrogens with one attached hydrogen (secondary N) is 1. The molecule has 3 N–H and O–H groups in total. The van der Waals surface area contributed by atoms with Gasteiger partial charge in [0.15, 0.2) is 6.10 Å². The van der Waals surface area contributed by atoms with Gasteiger partial charge in [0.1, 0.15) is 16.4 Å². The molecule has 4 aromatic rings. The van der Waals surface area contributed by atoms with Crippen LogP contribution in [0.3, 0.4) is 0 Å². The van der Waals surface area contributed by atoms with E-state index in [1.807, 2.05) is 59.5 Å². The van der Waals surface area contributed by atoms with Crippen molar-refractivity contribution in [3.05, 3.63) is 76.8 Å². The summed E-state index contributed by atoms with van der Waals surface area (Å²) in [7, 11) is 0. The number of carbonyl (C=O) groups is 1. The summed E-state index contributed by atoms with van der Waals surface area (Å²) in [5.74, 6) is 0.574. The van der Waals surface area contributed by atoms with Gasteiger partial charge in [-0.1, -0.05) is 42.5 Å². The molecule has 0 radical (unpaired) electrons. The van der Waals surface area contributed by atoms with Crippen molar-refractivity contribution in [1.82, 2.24) is 9.97 Å². The summed E-state index contributed by atoms with van der Waals surface area (Å²) in [6.45, 7) is 0.613. The molecule has 1 aliphatic rings. The number of amides is 1. The molecule has 3 heterocycles. The maximum absolute atomic E-state index is 12.7. The molecule has 1 aliphatic heterocycles. The number of hydrogen-bond acceptors (Lipinski definition) is 6. The van der Waals surface area contributed by atoms with Crippen molar-refractivity contribution in [1.29, 1.82) is 0 Å². The molecule has 0 aliphatic carbocycles. The van der Waals surface area contributed by atoms with Crippen LogP contribution in [0.25, 0.3) is 20.7 Å². The Hall–Kier alpha value is -3.65. The average molecular weight is 418 g/mol. The highest BCUT2D eigenvalue weighted by molar-refractivity contribution is 7.21. The summed E-state index contributed by atoms with van der Waals surface area (Å²) in [5.41, 5.74) is 7.17. The Morgan fingerprint density at radius 2 is 1.97 bits per heavy atom. The fraction of sp³-hybridized carbons (Fsp3) is 0.136. The number of ether oxygens (including phenoxy) is 1. The summed E-state index contributed by atoms with van der Waals surface area (Å²) in [4.78, 5) is 35.6. The zero-order valence-corrected chi connectivity index (χ0v) is 16.7. The lowest BCUT2D eigenvalue weighted by atomic mass is 10.1. The van der Waals surface area contributed by atoms with Crippen LogP contribution in [0, 0.1) is 0 Å². The van der Waals surface area contributed by atoms with Crippen molar-refractivity contribution in [2.24, 2.45) is 5.73 Å². The number of nitrogens with two attached hydrogens (primary N) is 1. The SMILES string of the molecule is NC(=O)[C@H]1CN(Cc2nc3sc(-c4ccccc4)cc3c(=O)[nH]2)c2ccccc2O1. The molecular formula is C22H18N4O3S. The monoisotopic (exact) mass is 418 g/mol. The van der Waals surface area contributed by atoms with Crippen LogP contribution in [-0.2, 0) is 11.3 Å². The quantitative estimate of drug-likeness (QED) is 0.531. The first-order valence-corrected chi connectivity index (χ1v) is 10.3. The first-order valence-electron chi connectivity index (χ1n) is 9.46. The predicted octanol–water partition coefficient (Wildman–Crippen LogP) is 2.90. The molecule has 0 spiro atoms. The number of carbonyl (C=O) groups excluding carboxylic acids is 1. The van der Waals surface area contributed by atoms with Gasteiger partial charge in [-0.2, -0.15) is 0 Å². The van der Waals surface area contributed by atoms with Crippen LogP contribution in [0.5, 0.6) is 5.75 Å². The number of fused-ring (bicyclic) bond motifs is 2. The van der Waals surface area contributed by atoms with Crippen LogP contribution in [0.2, 0.25) is 0 Å². The second-order valence-electron chi connectivity index (χ2n) is 7.07. The standard InChI is InChI=1S/C22H18N4O3S/c23-20(27)17-11-26(15-8-4-5-9-16(15)29-17)12-19-24-21(28)14-10-18(30-22(14)25-19)13-6-2-1-3-7-13/h1-10,17H,11-12H2,(H2,23,27)(H,24,25,28)/t17-/m1/s1. The highest BCUT2D eigenvalue weighted by Crippen LogP contribution is 2.34. The van der Waals surface area contributed by atoms with Gasteiger partial charge in [-0.25, -0.2) is 4.98 Å². The van der Waals surface area contributed by atoms with Crippen molar-refractivity contribution in [3.8, 4) is 16.2 Å². The van der Waals surface area contributed by atoms with Gasteiger partial charge in [0.05, 0.1) is 24.2 Å². The molecule has 1 atom stereocenters. The van der Waals surface area contributed by atoms with Crippen LogP contribution >= 0.6 is 11.3 Å². The first-order chi connectivity index (χ1) is 14.6. The number of anilines is 1. The van der Waals surface area contributed by atoms with E-state index in [0.29, 0.717) is 28.3 Å². The highest BCUT2D eigenvalue weighted by atomic mass is 32.1. The summed E-state index contributed by atoms with van der Waals surface area (Å²) < 4.78 is 5.70. The second kappa shape index (κ2) is 7.31. The molecule has 1 amide bonds. The number of hydrogen-bond donors (Lipinski definition) is 2. The number of para-hydroxylation sites is 2. The van der Waals surface area contributed by atoms with Crippen LogP contribution in [-0.4, -0.2) is 28.5 Å². The second-order valence-corrected chi connectivity index (χ2v) is 8.10. The van der Waals surface area contributed by atoms with Crippen molar-refractivity contribution in [2.45, 2.75) is 12.6 Å². The zero-order valence-electron chi connectivity index (χ0n) is 15.9. The summed E-state index contributed by atoms with van der Waals surface area (Å²) in [5, 5.41) is 0.569. The number of primary amides is 1. The third-order valence-electron chi connectivity index (χ3n) is 5.03. The molecule has 0 saturated carbocycles. The van der Waals surface area contributed by atoms with E-state index in [9.17, 15) is 9.59 Å². The minimum absolute atomic E-state index is 0.179. The minimum Gasteiger partial charge on any atom is -0.477 e. The van der Waals surface area contributed by atoms with Crippen molar-refractivity contribution in [2.75, 3.05) is 11.4 Å². The first kappa shape index (κ1) is 18.4. The minimum atomic E-state index is -0.762. The lowest BCUT2D eigenvalue weighted by molar-refractivity contribution is -0.124. The molecule has 150 valence electrons. The van der Waals surface area contributed by atoms with E-state index < -0.39 is 12.0 Å². The smallest absolute Gasteiger partial charge is 0.260 e. The molecule has 2 aromatic heterocycles. The van der Waals surface area contributed by atoms with E-state index in [-0.39, 0.29) is 12.1 Å². The summed E-state index contributed by atoms with van der Waals surface area (Å²) in [6, 6.07) is 19.2. The number of nitrogens with zero attached hydrogens (tertiary/aromatic N) is 2. The Morgan fingerprint density at radius 3 is 2.77 bits per heavy atom. The van der Waals surface area contributed by atoms with Crippen LogP contribution in [0.15, 0.2) is 65.5 Å². The van der Waals surface area contributed by atoms with Crippen molar-refractivity contribution < 1.29 is 9.53 Å². The van der Waals surface area contributed by atoms with Crippen molar-refractivity contribution >= 4 is 33.1 Å². The van der Waals surface area contributed by atoms with Gasteiger partial charge in [-0.15, -0.1) is 11.3 Å². The molecule has 8 heteroatoms. The molecule has 0 fully saturated rings. The molecule has 0 bridgehead atoms. The van der Waals surface area contributed by atoms with Crippen molar-refractivity contribution in [3.63, 3.8) is 0 Å². The molecule has 5 rings (SSSR count). The Balaban J connectivity index is 1.51. The van der Waals surface area contributed by atoms with Crippen LogP contribution in [0.1, 0.15) is 5.82 Å². The average Bonchev–Trinajstić information content (AvgIpc) is 3.19. The number of aromatic amines is 1. The number of rotatable bonds is 4. The molecule has 2 aromatic carbocycles. The Labute approximate surface area is 175 Å². The highest BCUT2D eigenvalue weighted by Gasteiger charge is 2.29. The molecule has 0 unspecified atom stereocenters. The summed E-state index contributed by atoms with van der Waals surface area (Å²) >= 11 is 1.48. The lowest BCUT2D eigenvalue weighted by Crippen LogP contribution is -2.47. The summed E-state index contributed by atoms with van der Waals surface area (Å²) in [6.07, 6.45) is -0.762. The maximum atomic E-state index is 12.7. The number of H-pyrrole nitrogens is 1. The third kappa shape index (κ3) is 3.31. The molecule has 0 saturated heterocycles. The number of aromatic nitrogens is 2. The molecule has 30 heavy (non-hydrogen) atoms. The van der Waals surface area contributed by atoms with E-state index in [4.69, 9.17) is 10.5 Å². The van der Waals surface area contributed by atoms with E-state index in [0.717, 1.165) is 16.1 Å². The van der Waals surface area contributed by atoms with E-state index in [1.54, 1.807) is 6.07 Å². The van der Waals surface area contributed by atoms with Gasteiger partial charge in [-0.3, -0.25) is 9.59 Å². The largest absolute Gasteiger partial charge is 0.477 e. The number of benzene rings is 2. The maximum Gasteiger partial charge on any atom is 0.260 e. The van der Waals surface area contributed by atoms with E-state index in [1.165, 1.54) is 11.3 Å². The van der Waals surface area contributed by atoms with Gasteiger partial charge >= 0.3 is 0 Å². The Bertz CT molecular complexity index is 1300. The van der Waals surface area contributed by atoms with E-state index in [2.05, 4.69) is 9.97 Å². The Morgan fingerprint density at radius 1 is 1.20 bits per heavy atom. The van der Waals surface area contributed by atoms with Gasteiger partial charge in [-0.05, 0) is 23.8 Å². The fourth-order valence-corrected chi connectivity index (χ4v) is 4.64. The fourth-order valence-electron chi connectivity index (χ4n) is 3.58. The normalized spacial score (nSPS) is 15.6. The third-order valence-corrected chi connectivity index (χ3v) is 6.11. The number of thiophene rings is 1. The predicted molar refractivity (Wildman–Crippen MR) is 117 cm³/mol. The van der Waals surface area contributed by atoms with Gasteiger partial charge in [0, 0.05) is 4.88 Å². The van der Waals surface area contributed by atoms with Crippen LogP contribution < -0.4 is 20.9 Å². The van der Waals surface area contributed by atoms with Gasteiger partial charge < -0.3 is 20.4 Å². The van der Waals surface area contributed by atoms with Crippen LogP contribution in [0.4, 0.5) is 5.69 Å². The van der Waals surface area contributed by atoms with Gasteiger partial charge in [0.2, 0.25) is 0 Å². The molecule has 7 nitrogen and oxygen atoms in total. The van der Waals surface area contributed by atoms with Gasteiger partial charge in [0.25, 0.3) is 11.5 Å². The van der Waals surface area contributed by atoms with E-state index >= 15 is 0 Å². The molecular weight excluding hydrogens is 400 g/mol. The lowest BCUT2D eigenvalue weighted by Gasteiger charge is -2.34. The topological polar surface area (TPSA) is 101 Å².